The molecule has 6 nitrogen and oxygen atoms in total. The lowest BCUT2D eigenvalue weighted by atomic mass is 10.1. The molecule has 148 valence electrons. The number of benzene rings is 1. The standard InChI is InChI=1S/C19H26N2O4S2/c1-24-17-9-15(10-18(11-17)25-2)14-27(22,23)20-12-19(16-5-8-26-13-16)21-6-3-4-7-21/h5,8-11,13,19-20H,3-4,6-7,12,14H2,1-2H3. The summed E-state index contributed by atoms with van der Waals surface area (Å²) in [5.41, 5.74) is 1.81. The molecule has 1 aliphatic heterocycles. The predicted octanol–water partition coefficient (Wildman–Crippen LogP) is 3.02. The van der Waals surface area contributed by atoms with Gasteiger partial charge < -0.3 is 9.47 Å². The summed E-state index contributed by atoms with van der Waals surface area (Å²) < 4.78 is 38.6. The number of thiophene rings is 1. The molecule has 0 amide bonds. The number of sulfonamides is 1. The Balaban J connectivity index is 1.70. The van der Waals surface area contributed by atoms with E-state index in [1.165, 1.54) is 5.56 Å². The molecule has 0 radical (unpaired) electrons. The van der Waals surface area contributed by atoms with Crippen molar-refractivity contribution in [2.24, 2.45) is 0 Å². The molecule has 0 saturated carbocycles. The second kappa shape index (κ2) is 9.05. The molecule has 0 spiro atoms. The highest BCUT2D eigenvalue weighted by Gasteiger charge is 2.25. The van der Waals surface area contributed by atoms with E-state index in [0.717, 1.165) is 25.9 Å². The zero-order chi connectivity index (χ0) is 19.3. The van der Waals surface area contributed by atoms with Crippen LogP contribution in [0.25, 0.3) is 0 Å². The summed E-state index contributed by atoms with van der Waals surface area (Å²) in [6.45, 7) is 2.39. The zero-order valence-corrected chi connectivity index (χ0v) is 17.3. The number of hydrogen-bond donors (Lipinski definition) is 1. The number of rotatable bonds is 9. The Morgan fingerprint density at radius 1 is 1.15 bits per heavy atom. The van der Waals surface area contributed by atoms with Crippen molar-refractivity contribution < 1.29 is 17.9 Å². The van der Waals surface area contributed by atoms with E-state index in [2.05, 4.69) is 21.1 Å². The van der Waals surface area contributed by atoms with E-state index in [1.54, 1.807) is 43.8 Å². The van der Waals surface area contributed by atoms with Gasteiger partial charge in [-0.2, -0.15) is 11.3 Å². The normalized spacial score (nSPS) is 16.4. The van der Waals surface area contributed by atoms with Gasteiger partial charge in [-0.3, -0.25) is 4.90 Å². The topological polar surface area (TPSA) is 67.9 Å². The molecule has 27 heavy (non-hydrogen) atoms. The lowest BCUT2D eigenvalue weighted by Gasteiger charge is -2.27. The molecule has 0 aliphatic carbocycles. The molecule has 1 aromatic heterocycles. The number of nitrogens with zero attached hydrogens (tertiary/aromatic N) is 1. The maximum Gasteiger partial charge on any atom is 0.215 e. The number of ether oxygens (including phenoxy) is 2. The molecular formula is C19H26N2O4S2. The van der Waals surface area contributed by atoms with Crippen LogP contribution in [-0.4, -0.2) is 47.2 Å². The van der Waals surface area contributed by atoms with Gasteiger partial charge in [0, 0.05) is 18.7 Å². The van der Waals surface area contributed by atoms with Gasteiger partial charge in [0.2, 0.25) is 10.0 Å². The fourth-order valence-corrected chi connectivity index (χ4v) is 5.23. The van der Waals surface area contributed by atoms with Gasteiger partial charge in [0.1, 0.15) is 11.5 Å². The molecule has 1 atom stereocenters. The van der Waals surface area contributed by atoms with Crippen molar-refractivity contribution in [2.45, 2.75) is 24.6 Å². The fraction of sp³-hybridized carbons (Fsp3) is 0.474. The minimum atomic E-state index is -3.48. The predicted molar refractivity (Wildman–Crippen MR) is 108 cm³/mol. The van der Waals surface area contributed by atoms with Gasteiger partial charge in [-0.1, -0.05) is 0 Å². The monoisotopic (exact) mass is 410 g/mol. The van der Waals surface area contributed by atoms with E-state index in [-0.39, 0.29) is 11.8 Å². The molecule has 3 rings (SSSR count). The van der Waals surface area contributed by atoms with Crippen molar-refractivity contribution >= 4 is 21.4 Å². The van der Waals surface area contributed by atoms with Crippen LogP contribution in [0.15, 0.2) is 35.0 Å². The Bertz CT molecular complexity index is 809. The second-order valence-corrected chi connectivity index (χ2v) is 9.23. The highest BCUT2D eigenvalue weighted by molar-refractivity contribution is 7.88. The zero-order valence-electron chi connectivity index (χ0n) is 15.7. The Morgan fingerprint density at radius 3 is 2.37 bits per heavy atom. The van der Waals surface area contributed by atoms with Crippen LogP contribution in [0, 0.1) is 0 Å². The van der Waals surface area contributed by atoms with E-state index < -0.39 is 10.0 Å². The third-order valence-electron chi connectivity index (χ3n) is 4.77. The van der Waals surface area contributed by atoms with Gasteiger partial charge in [-0.25, -0.2) is 13.1 Å². The van der Waals surface area contributed by atoms with Crippen LogP contribution in [0.2, 0.25) is 0 Å². The van der Waals surface area contributed by atoms with Crippen molar-refractivity contribution in [3.05, 3.63) is 46.2 Å². The molecule has 1 N–H and O–H groups in total. The van der Waals surface area contributed by atoms with Crippen LogP contribution in [0.3, 0.4) is 0 Å². The molecule has 1 saturated heterocycles. The Kier molecular flexibility index (Phi) is 6.75. The van der Waals surface area contributed by atoms with E-state index in [9.17, 15) is 8.42 Å². The molecule has 1 aromatic carbocycles. The first-order chi connectivity index (χ1) is 13.0. The molecule has 1 aliphatic rings. The van der Waals surface area contributed by atoms with E-state index in [1.807, 2.05) is 5.38 Å². The molecular weight excluding hydrogens is 384 g/mol. The van der Waals surface area contributed by atoms with Crippen molar-refractivity contribution in [3.63, 3.8) is 0 Å². The average molecular weight is 411 g/mol. The maximum absolute atomic E-state index is 12.7. The first kappa shape index (κ1) is 20.1. The molecule has 0 bridgehead atoms. The van der Waals surface area contributed by atoms with Crippen LogP contribution in [0.4, 0.5) is 0 Å². The maximum atomic E-state index is 12.7. The number of likely N-dealkylation sites (tertiary alicyclic amines) is 1. The second-order valence-electron chi connectivity index (χ2n) is 6.64. The number of nitrogens with one attached hydrogen (secondary N) is 1. The minimum absolute atomic E-state index is 0.0772. The van der Waals surface area contributed by atoms with Gasteiger partial charge in [0.25, 0.3) is 0 Å². The van der Waals surface area contributed by atoms with Gasteiger partial charge in [0.15, 0.2) is 0 Å². The Labute approximate surface area is 165 Å². The van der Waals surface area contributed by atoms with Crippen molar-refractivity contribution in [1.29, 1.82) is 0 Å². The first-order valence-electron chi connectivity index (χ1n) is 8.96. The summed E-state index contributed by atoms with van der Waals surface area (Å²) >= 11 is 1.64. The van der Waals surface area contributed by atoms with Gasteiger partial charge >= 0.3 is 0 Å². The largest absolute Gasteiger partial charge is 0.497 e. The smallest absolute Gasteiger partial charge is 0.215 e. The molecule has 2 heterocycles. The molecule has 1 unspecified atom stereocenters. The molecule has 8 heteroatoms. The van der Waals surface area contributed by atoms with Gasteiger partial charge in [0.05, 0.1) is 20.0 Å². The van der Waals surface area contributed by atoms with E-state index in [4.69, 9.17) is 9.47 Å². The highest BCUT2D eigenvalue weighted by atomic mass is 32.2. The summed E-state index contributed by atoms with van der Waals surface area (Å²) in [6, 6.07) is 7.32. The molecule has 2 aromatic rings. The SMILES string of the molecule is COc1cc(CS(=O)(=O)NCC(c2ccsc2)N2CCCC2)cc(OC)c1. The van der Waals surface area contributed by atoms with Crippen LogP contribution < -0.4 is 14.2 Å². The van der Waals surface area contributed by atoms with Crippen LogP contribution in [-0.2, 0) is 15.8 Å². The lowest BCUT2D eigenvalue weighted by Crippen LogP contribution is -2.37. The van der Waals surface area contributed by atoms with E-state index >= 15 is 0 Å². The summed E-state index contributed by atoms with van der Waals surface area (Å²) in [6.07, 6.45) is 2.33. The summed E-state index contributed by atoms with van der Waals surface area (Å²) in [4.78, 5) is 2.36. The third-order valence-corrected chi connectivity index (χ3v) is 6.80. The Morgan fingerprint density at radius 2 is 1.81 bits per heavy atom. The summed E-state index contributed by atoms with van der Waals surface area (Å²) in [5, 5.41) is 4.14. The van der Waals surface area contributed by atoms with E-state index in [0.29, 0.717) is 23.6 Å². The van der Waals surface area contributed by atoms with Crippen molar-refractivity contribution in [2.75, 3.05) is 33.9 Å². The van der Waals surface area contributed by atoms with Crippen molar-refractivity contribution in [1.82, 2.24) is 9.62 Å². The summed E-state index contributed by atoms with van der Waals surface area (Å²) in [7, 11) is -0.388. The van der Waals surface area contributed by atoms with Gasteiger partial charge in [-0.15, -0.1) is 0 Å². The average Bonchev–Trinajstić information content (AvgIpc) is 3.35. The van der Waals surface area contributed by atoms with Crippen LogP contribution in [0.1, 0.15) is 30.0 Å². The Hall–Kier alpha value is -1.61. The number of methoxy groups -OCH3 is 2. The lowest BCUT2D eigenvalue weighted by molar-refractivity contribution is 0.247. The van der Waals surface area contributed by atoms with Gasteiger partial charge in [-0.05, 0) is 66.0 Å². The fourth-order valence-electron chi connectivity index (χ4n) is 3.40. The highest BCUT2D eigenvalue weighted by Crippen LogP contribution is 2.27. The van der Waals surface area contributed by atoms with Crippen LogP contribution in [0.5, 0.6) is 11.5 Å². The third kappa shape index (κ3) is 5.44. The number of hydrogen-bond acceptors (Lipinski definition) is 6. The quantitative estimate of drug-likeness (QED) is 0.688. The first-order valence-corrected chi connectivity index (χ1v) is 11.6. The van der Waals surface area contributed by atoms with Crippen LogP contribution >= 0.6 is 11.3 Å². The summed E-state index contributed by atoms with van der Waals surface area (Å²) in [5.74, 6) is 1.04. The minimum Gasteiger partial charge on any atom is -0.497 e. The molecule has 1 fully saturated rings. The van der Waals surface area contributed by atoms with Crippen molar-refractivity contribution in [3.8, 4) is 11.5 Å².